The Balaban J connectivity index is 2.54. The number of fused-ring (bicyclic) bond motifs is 1. The Morgan fingerprint density at radius 1 is 1.12 bits per heavy atom. The summed E-state index contributed by atoms with van der Waals surface area (Å²) in [5, 5.41) is 0.260. The first kappa shape index (κ1) is 16.7. The molecule has 0 atom stereocenters. The molecular formula is C17H19N4O4+. The third-order valence-corrected chi connectivity index (χ3v) is 4.14. The molecule has 25 heavy (non-hydrogen) atoms. The van der Waals surface area contributed by atoms with E-state index < -0.39 is 16.9 Å². The molecule has 1 aromatic carbocycles. The van der Waals surface area contributed by atoms with Crippen molar-refractivity contribution >= 4 is 11.0 Å². The predicted molar refractivity (Wildman–Crippen MR) is 93.0 cm³/mol. The van der Waals surface area contributed by atoms with Crippen molar-refractivity contribution < 1.29 is 9.72 Å². The lowest BCUT2D eigenvalue weighted by molar-refractivity contribution is -0.374. The van der Waals surface area contributed by atoms with Crippen molar-refractivity contribution in [1.82, 2.24) is 14.1 Å². The van der Waals surface area contributed by atoms with Gasteiger partial charge < -0.3 is 4.74 Å². The Bertz CT molecular complexity index is 1120. The fraction of sp³-hybridized carbons (Fsp3) is 0.294. The smallest absolute Gasteiger partial charge is 0.439 e. The van der Waals surface area contributed by atoms with Gasteiger partial charge in [-0.3, -0.25) is 4.79 Å². The number of hydrogen-bond acceptors (Lipinski definition) is 4. The number of H-pyrrole nitrogens is 2. The fourth-order valence-electron chi connectivity index (χ4n) is 2.94. The molecule has 0 saturated carbocycles. The highest BCUT2D eigenvalue weighted by molar-refractivity contribution is 5.88. The van der Waals surface area contributed by atoms with Crippen molar-refractivity contribution in [1.29, 1.82) is 0 Å². The lowest BCUT2D eigenvalue weighted by Gasteiger charge is -2.09. The lowest BCUT2D eigenvalue weighted by atomic mass is 10.1. The van der Waals surface area contributed by atoms with Crippen LogP contribution in [0.1, 0.15) is 13.8 Å². The monoisotopic (exact) mass is 343 g/mol. The second-order valence-corrected chi connectivity index (χ2v) is 5.49. The van der Waals surface area contributed by atoms with Crippen LogP contribution in [0, 0.1) is 0 Å². The van der Waals surface area contributed by atoms with Crippen LogP contribution in [0.15, 0.2) is 38.6 Å². The van der Waals surface area contributed by atoms with Crippen molar-refractivity contribution in [2.75, 3.05) is 7.11 Å². The van der Waals surface area contributed by atoms with Crippen LogP contribution in [-0.2, 0) is 13.1 Å². The highest BCUT2D eigenvalue weighted by atomic mass is 16.5. The van der Waals surface area contributed by atoms with Gasteiger partial charge in [-0.2, -0.15) is 0 Å². The quantitative estimate of drug-likeness (QED) is 0.740. The molecule has 8 nitrogen and oxygen atoms in total. The second-order valence-electron chi connectivity index (χ2n) is 5.49. The van der Waals surface area contributed by atoms with E-state index in [-0.39, 0.29) is 17.6 Å². The molecular weight excluding hydrogens is 324 g/mol. The van der Waals surface area contributed by atoms with Crippen LogP contribution in [-0.4, -0.2) is 21.2 Å². The van der Waals surface area contributed by atoms with E-state index in [1.807, 2.05) is 0 Å². The van der Waals surface area contributed by atoms with Gasteiger partial charge in [0.2, 0.25) is 5.65 Å². The standard InChI is InChI=1S/C17H18N4O4/c1-4-20-14-12(15(22)21(5-2)17(20)24)13(18-16(23)19-14)10-7-6-8-11(9-10)25-3/h6-9H,4-5H2,1-3H3,(H,18,19,23)/p+1. The van der Waals surface area contributed by atoms with Gasteiger partial charge in [0.05, 0.1) is 13.7 Å². The number of aromatic nitrogens is 4. The Kier molecular flexibility index (Phi) is 4.26. The van der Waals surface area contributed by atoms with Gasteiger partial charge in [0.25, 0.3) is 5.56 Å². The number of rotatable bonds is 4. The SMILES string of the molecule is CCn1c(=O)c2c(-c3cccc(OC)c3)[nH]c(=O)[nH+]c2n(CC)c1=O. The minimum absolute atomic E-state index is 0.212. The average Bonchev–Trinajstić information content (AvgIpc) is 2.61. The first-order valence-electron chi connectivity index (χ1n) is 7.99. The third kappa shape index (κ3) is 2.65. The van der Waals surface area contributed by atoms with Gasteiger partial charge in [-0.25, -0.2) is 28.7 Å². The second kappa shape index (κ2) is 6.39. The van der Waals surface area contributed by atoms with Gasteiger partial charge in [0.15, 0.2) is 5.39 Å². The summed E-state index contributed by atoms with van der Waals surface area (Å²) in [5.41, 5.74) is -0.202. The zero-order valence-corrected chi connectivity index (χ0v) is 14.3. The number of nitrogens with one attached hydrogen (secondary N) is 2. The Hall–Kier alpha value is -3.16. The Labute approximate surface area is 142 Å². The molecule has 0 aliphatic heterocycles. The summed E-state index contributed by atoms with van der Waals surface area (Å²) < 4.78 is 7.76. The van der Waals surface area contributed by atoms with E-state index >= 15 is 0 Å². The van der Waals surface area contributed by atoms with Crippen LogP contribution in [0.25, 0.3) is 22.3 Å². The molecule has 0 bridgehead atoms. The van der Waals surface area contributed by atoms with Crippen molar-refractivity contribution in [3.8, 4) is 17.0 Å². The number of methoxy groups -OCH3 is 1. The highest BCUT2D eigenvalue weighted by Crippen LogP contribution is 2.24. The highest BCUT2D eigenvalue weighted by Gasteiger charge is 2.22. The molecule has 0 saturated heterocycles. The predicted octanol–water partition coefficient (Wildman–Crippen LogP) is 0.381. The van der Waals surface area contributed by atoms with Gasteiger partial charge in [0, 0.05) is 12.1 Å². The largest absolute Gasteiger partial charge is 0.497 e. The summed E-state index contributed by atoms with van der Waals surface area (Å²) in [7, 11) is 1.54. The minimum Gasteiger partial charge on any atom is -0.497 e. The van der Waals surface area contributed by atoms with Crippen molar-refractivity contribution in [3.63, 3.8) is 0 Å². The van der Waals surface area contributed by atoms with Crippen molar-refractivity contribution in [3.05, 3.63) is 55.6 Å². The van der Waals surface area contributed by atoms with Crippen LogP contribution < -0.4 is 26.7 Å². The normalized spacial score (nSPS) is 11.0. The van der Waals surface area contributed by atoms with E-state index in [9.17, 15) is 14.4 Å². The summed E-state index contributed by atoms with van der Waals surface area (Å²) in [4.78, 5) is 42.8. The zero-order chi connectivity index (χ0) is 18.1. The van der Waals surface area contributed by atoms with Crippen LogP contribution >= 0.6 is 0 Å². The maximum Gasteiger partial charge on any atom is 0.439 e. The molecule has 8 heteroatoms. The van der Waals surface area contributed by atoms with Crippen molar-refractivity contribution in [2.45, 2.75) is 26.9 Å². The van der Waals surface area contributed by atoms with Crippen LogP contribution in [0.5, 0.6) is 5.75 Å². The van der Waals surface area contributed by atoms with Crippen molar-refractivity contribution in [2.24, 2.45) is 0 Å². The molecule has 3 rings (SSSR count). The summed E-state index contributed by atoms with van der Waals surface area (Å²) in [6.07, 6.45) is 0. The maximum absolute atomic E-state index is 12.9. The molecule has 0 aliphatic carbocycles. The molecule has 0 aliphatic rings. The summed E-state index contributed by atoms with van der Waals surface area (Å²) >= 11 is 0. The summed E-state index contributed by atoms with van der Waals surface area (Å²) in [5.74, 6) is 0.596. The Morgan fingerprint density at radius 3 is 2.48 bits per heavy atom. The molecule has 0 unspecified atom stereocenters. The summed E-state index contributed by atoms with van der Waals surface area (Å²) in [6.45, 7) is 4.08. The van der Waals surface area contributed by atoms with E-state index in [1.165, 1.54) is 11.7 Å². The number of hydrogen-bond donors (Lipinski definition) is 1. The van der Waals surface area contributed by atoms with Gasteiger partial charge in [-0.05, 0) is 26.0 Å². The fourth-order valence-corrected chi connectivity index (χ4v) is 2.94. The zero-order valence-electron chi connectivity index (χ0n) is 14.3. The van der Waals surface area contributed by atoms with Gasteiger partial charge in [-0.1, -0.05) is 12.1 Å². The van der Waals surface area contributed by atoms with E-state index in [2.05, 4.69) is 9.97 Å². The van der Waals surface area contributed by atoms with Crippen LogP contribution in [0.2, 0.25) is 0 Å². The molecule has 0 amide bonds. The average molecular weight is 343 g/mol. The number of aryl methyl sites for hydroxylation is 1. The summed E-state index contributed by atoms with van der Waals surface area (Å²) in [6, 6.07) is 7.03. The molecule has 0 spiro atoms. The van der Waals surface area contributed by atoms with Gasteiger partial charge in [0.1, 0.15) is 11.4 Å². The molecule has 0 radical (unpaired) electrons. The number of benzene rings is 1. The van der Waals surface area contributed by atoms with E-state index in [4.69, 9.17) is 4.74 Å². The first-order valence-corrected chi connectivity index (χ1v) is 7.99. The molecule has 130 valence electrons. The van der Waals surface area contributed by atoms with Crippen LogP contribution in [0.4, 0.5) is 0 Å². The minimum atomic E-state index is -0.499. The van der Waals surface area contributed by atoms with E-state index in [0.717, 1.165) is 4.57 Å². The first-order chi connectivity index (χ1) is 12.0. The lowest BCUT2D eigenvalue weighted by Crippen LogP contribution is -2.45. The van der Waals surface area contributed by atoms with Gasteiger partial charge >= 0.3 is 11.4 Å². The van der Waals surface area contributed by atoms with E-state index in [0.29, 0.717) is 23.6 Å². The molecule has 3 aromatic rings. The molecule has 0 fully saturated rings. The molecule has 2 heterocycles. The number of ether oxygens (including phenoxy) is 1. The van der Waals surface area contributed by atoms with Crippen LogP contribution in [0.3, 0.4) is 0 Å². The maximum atomic E-state index is 12.9. The van der Waals surface area contributed by atoms with E-state index in [1.54, 1.807) is 38.1 Å². The third-order valence-electron chi connectivity index (χ3n) is 4.14. The Morgan fingerprint density at radius 2 is 1.84 bits per heavy atom. The topological polar surface area (TPSA) is 100 Å². The molecule has 2 N–H and O–H groups in total. The number of aromatic amines is 2. The van der Waals surface area contributed by atoms with Gasteiger partial charge in [-0.15, -0.1) is 0 Å². The number of nitrogens with zero attached hydrogens (tertiary/aromatic N) is 2. The molecule has 2 aromatic heterocycles.